The van der Waals surface area contributed by atoms with Gasteiger partial charge in [0.15, 0.2) is 5.16 Å². The zero-order valence-corrected chi connectivity index (χ0v) is 19.7. The molecule has 0 aliphatic heterocycles. The van der Waals surface area contributed by atoms with Crippen LogP contribution >= 0.6 is 11.8 Å². The Morgan fingerprint density at radius 2 is 1.85 bits per heavy atom. The Bertz CT molecular complexity index is 1140. The number of methoxy groups -OCH3 is 1. The summed E-state index contributed by atoms with van der Waals surface area (Å²) in [4.78, 5) is 24.9. The normalized spacial score (nSPS) is 10.5. The van der Waals surface area contributed by atoms with Crippen LogP contribution in [0.3, 0.4) is 0 Å². The lowest BCUT2D eigenvalue weighted by Gasteiger charge is -2.10. The van der Waals surface area contributed by atoms with E-state index in [4.69, 9.17) is 4.74 Å². The van der Waals surface area contributed by atoms with Gasteiger partial charge in [0, 0.05) is 17.9 Å². The number of amides is 2. The van der Waals surface area contributed by atoms with Crippen LogP contribution in [0.2, 0.25) is 0 Å². The van der Waals surface area contributed by atoms with Gasteiger partial charge in [-0.25, -0.2) is 0 Å². The van der Waals surface area contributed by atoms with Gasteiger partial charge in [0.1, 0.15) is 11.6 Å². The van der Waals surface area contributed by atoms with Crippen molar-refractivity contribution in [3.8, 4) is 5.75 Å². The average Bonchev–Trinajstić information content (AvgIpc) is 3.16. The SMILES string of the molecule is C=CCn1c(CC(=O)Nc2ccc(OC)cc2)nnc1SCC(=O)Nc1ccc(C)cc1C. The molecular weight excluding hydrogens is 438 g/mol. The fourth-order valence-electron chi connectivity index (χ4n) is 3.16. The summed E-state index contributed by atoms with van der Waals surface area (Å²) in [6, 6.07) is 12.9. The van der Waals surface area contributed by atoms with Gasteiger partial charge < -0.3 is 19.9 Å². The Morgan fingerprint density at radius 1 is 1.09 bits per heavy atom. The number of aromatic nitrogens is 3. The molecule has 2 N–H and O–H groups in total. The molecule has 0 atom stereocenters. The molecule has 0 saturated heterocycles. The van der Waals surface area contributed by atoms with Crippen LogP contribution in [0.25, 0.3) is 0 Å². The average molecular weight is 466 g/mol. The first kappa shape index (κ1) is 24.1. The van der Waals surface area contributed by atoms with E-state index in [9.17, 15) is 9.59 Å². The van der Waals surface area contributed by atoms with Crippen molar-refractivity contribution in [1.82, 2.24) is 14.8 Å². The molecule has 2 amide bonds. The molecule has 172 valence electrons. The molecular formula is C24H27N5O3S. The van der Waals surface area contributed by atoms with Crippen molar-refractivity contribution in [1.29, 1.82) is 0 Å². The molecule has 0 saturated carbocycles. The van der Waals surface area contributed by atoms with Crippen molar-refractivity contribution in [3.05, 3.63) is 72.1 Å². The van der Waals surface area contributed by atoms with E-state index in [1.54, 1.807) is 42.0 Å². The number of thioether (sulfide) groups is 1. The van der Waals surface area contributed by atoms with Gasteiger partial charge in [-0.3, -0.25) is 9.59 Å². The largest absolute Gasteiger partial charge is 0.497 e. The molecule has 9 heteroatoms. The maximum atomic E-state index is 12.5. The first-order valence-electron chi connectivity index (χ1n) is 10.4. The lowest BCUT2D eigenvalue weighted by atomic mass is 10.1. The predicted octanol–water partition coefficient (Wildman–Crippen LogP) is 4.00. The van der Waals surface area contributed by atoms with Crippen LogP contribution in [0.4, 0.5) is 11.4 Å². The van der Waals surface area contributed by atoms with Crippen molar-refractivity contribution in [2.45, 2.75) is 32.0 Å². The minimum Gasteiger partial charge on any atom is -0.497 e. The highest BCUT2D eigenvalue weighted by molar-refractivity contribution is 7.99. The number of carbonyl (C=O) groups excluding carboxylic acids is 2. The van der Waals surface area contributed by atoms with Crippen LogP contribution in [0.5, 0.6) is 5.75 Å². The molecule has 0 aliphatic rings. The fraction of sp³-hybridized carbons (Fsp3) is 0.250. The monoisotopic (exact) mass is 465 g/mol. The molecule has 3 rings (SSSR count). The maximum Gasteiger partial charge on any atom is 0.234 e. The predicted molar refractivity (Wildman–Crippen MR) is 131 cm³/mol. The molecule has 33 heavy (non-hydrogen) atoms. The molecule has 8 nitrogen and oxygen atoms in total. The molecule has 0 fully saturated rings. The summed E-state index contributed by atoms with van der Waals surface area (Å²) in [5.41, 5.74) is 3.59. The second-order valence-electron chi connectivity index (χ2n) is 7.41. The van der Waals surface area contributed by atoms with Crippen LogP contribution in [-0.2, 0) is 22.6 Å². The topological polar surface area (TPSA) is 98.1 Å². The van der Waals surface area contributed by atoms with E-state index in [0.717, 1.165) is 16.8 Å². The van der Waals surface area contributed by atoms with Gasteiger partial charge in [0.25, 0.3) is 0 Å². The number of nitrogens with one attached hydrogen (secondary N) is 2. The lowest BCUT2D eigenvalue weighted by Crippen LogP contribution is -2.18. The molecule has 1 heterocycles. The number of hydrogen-bond donors (Lipinski definition) is 2. The quantitative estimate of drug-likeness (QED) is 0.347. The van der Waals surface area contributed by atoms with E-state index < -0.39 is 0 Å². The smallest absolute Gasteiger partial charge is 0.234 e. The van der Waals surface area contributed by atoms with E-state index in [-0.39, 0.29) is 24.0 Å². The van der Waals surface area contributed by atoms with E-state index in [1.807, 2.05) is 32.0 Å². The van der Waals surface area contributed by atoms with Crippen LogP contribution in [0.1, 0.15) is 17.0 Å². The summed E-state index contributed by atoms with van der Waals surface area (Å²) in [6.07, 6.45) is 1.75. The zero-order chi connectivity index (χ0) is 23.8. The number of carbonyl (C=O) groups is 2. The number of allylic oxidation sites excluding steroid dienone is 1. The van der Waals surface area contributed by atoms with E-state index in [1.165, 1.54) is 11.8 Å². The summed E-state index contributed by atoms with van der Waals surface area (Å²) in [6.45, 7) is 8.17. The fourth-order valence-corrected chi connectivity index (χ4v) is 3.93. The summed E-state index contributed by atoms with van der Waals surface area (Å²) in [7, 11) is 1.59. The number of aryl methyl sites for hydroxylation is 2. The number of anilines is 2. The van der Waals surface area contributed by atoms with Gasteiger partial charge in [0.2, 0.25) is 11.8 Å². The number of benzene rings is 2. The Kier molecular flexibility index (Phi) is 8.26. The summed E-state index contributed by atoms with van der Waals surface area (Å²) < 4.78 is 6.91. The Labute approximate surface area is 197 Å². The van der Waals surface area contributed by atoms with Crippen molar-refractivity contribution in [2.75, 3.05) is 23.5 Å². The third kappa shape index (κ3) is 6.69. The third-order valence-corrected chi connectivity index (χ3v) is 5.75. The first-order valence-corrected chi connectivity index (χ1v) is 11.3. The van der Waals surface area contributed by atoms with Crippen molar-refractivity contribution in [2.24, 2.45) is 0 Å². The highest BCUT2D eigenvalue weighted by Crippen LogP contribution is 2.21. The molecule has 1 aromatic heterocycles. The third-order valence-electron chi connectivity index (χ3n) is 4.79. The Morgan fingerprint density at radius 3 is 2.52 bits per heavy atom. The number of rotatable bonds is 10. The lowest BCUT2D eigenvalue weighted by molar-refractivity contribution is -0.116. The number of ether oxygens (including phenoxy) is 1. The van der Waals surface area contributed by atoms with Crippen molar-refractivity contribution >= 4 is 35.0 Å². The van der Waals surface area contributed by atoms with Crippen LogP contribution in [-0.4, -0.2) is 39.4 Å². The van der Waals surface area contributed by atoms with Gasteiger partial charge in [-0.1, -0.05) is 35.5 Å². The zero-order valence-electron chi connectivity index (χ0n) is 18.9. The van der Waals surface area contributed by atoms with E-state index in [0.29, 0.717) is 29.0 Å². The van der Waals surface area contributed by atoms with Gasteiger partial charge in [-0.15, -0.1) is 16.8 Å². The van der Waals surface area contributed by atoms with Gasteiger partial charge in [0.05, 0.1) is 19.3 Å². The van der Waals surface area contributed by atoms with Crippen molar-refractivity contribution < 1.29 is 14.3 Å². The standard InChI is InChI=1S/C24H27N5O3S/c1-5-12-29-21(14-22(30)25-18-7-9-19(32-4)10-8-18)27-28-24(29)33-15-23(31)26-20-11-6-16(2)13-17(20)3/h5-11,13H,1,12,14-15H2,2-4H3,(H,25,30)(H,26,31). The van der Waals surface area contributed by atoms with E-state index >= 15 is 0 Å². The first-order chi connectivity index (χ1) is 15.9. The molecule has 0 unspecified atom stereocenters. The summed E-state index contributed by atoms with van der Waals surface area (Å²) >= 11 is 1.26. The molecule has 0 aliphatic carbocycles. The van der Waals surface area contributed by atoms with Gasteiger partial charge >= 0.3 is 0 Å². The summed E-state index contributed by atoms with van der Waals surface area (Å²) in [5, 5.41) is 14.7. The van der Waals surface area contributed by atoms with Crippen molar-refractivity contribution in [3.63, 3.8) is 0 Å². The summed E-state index contributed by atoms with van der Waals surface area (Å²) in [5.74, 6) is 1.02. The Hall–Kier alpha value is -3.59. The highest BCUT2D eigenvalue weighted by Gasteiger charge is 2.17. The second-order valence-corrected chi connectivity index (χ2v) is 8.35. The maximum absolute atomic E-state index is 12.5. The molecule has 0 spiro atoms. The van der Waals surface area contributed by atoms with E-state index in [2.05, 4.69) is 27.4 Å². The molecule has 0 bridgehead atoms. The van der Waals surface area contributed by atoms with Crippen LogP contribution in [0, 0.1) is 13.8 Å². The Balaban J connectivity index is 1.61. The number of hydrogen-bond acceptors (Lipinski definition) is 6. The minimum absolute atomic E-state index is 0.0438. The molecule has 0 radical (unpaired) electrons. The van der Waals surface area contributed by atoms with Gasteiger partial charge in [-0.05, 0) is 49.7 Å². The highest BCUT2D eigenvalue weighted by atomic mass is 32.2. The number of nitrogens with zero attached hydrogens (tertiary/aromatic N) is 3. The van der Waals surface area contributed by atoms with Gasteiger partial charge in [-0.2, -0.15) is 0 Å². The molecule has 3 aromatic rings. The minimum atomic E-state index is -0.220. The molecule has 2 aromatic carbocycles. The van der Waals surface area contributed by atoms with Crippen LogP contribution in [0.15, 0.2) is 60.3 Å². The second kappa shape index (κ2) is 11.3. The van der Waals surface area contributed by atoms with Crippen LogP contribution < -0.4 is 15.4 Å².